The van der Waals surface area contributed by atoms with Crippen LogP contribution in [0.15, 0.2) is 33.6 Å². The van der Waals surface area contributed by atoms with Crippen LogP contribution in [0.25, 0.3) is 0 Å². The normalized spacial score (nSPS) is 21.6. The summed E-state index contributed by atoms with van der Waals surface area (Å²) in [5.41, 5.74) is 0. The summed E-state index contributed by atoms with van der Waals surface area (Å²) in [7, 11) is -6.84. The Kier molecular flexibility index (Phi) is 5.36. The topological polar surface area (TPSA) is 71.5 Å². The third-order valence-electron chi connectivity index (χ3n) is 3.58. The van der Waals surface area contributed by atoms with Gasteiger partial charge in [0.25, 0.3) is 0 Å². The van der Waals surface area contributed by atoms with Crippen LogP contribution in [0.5, 0.6) is 0 Å². The highest BCUT2D eigenvalue weighted by atomic mass is 79.9. The molecular formula is C14H20BrNO4S2. The van der Waals surface area contributed by atoms with Crippen LogP contribution in [-0.4, -0.2) is 45.2 Å². The van der Waals surface area contributed by atoms with Crippen molar-refractivity contribution in [1.29, 1.82) is 0 Å². The summed E-state index contributed by atoms with van der Waals surface area (Å²) in [6, 6.07) is 5.95. The van der Waals surface area contributed by atoms with Gasteiger partial charge in [0.15, 0.2) is 9.84 Å². The Morgan fingerprint density at radius 2 is 1.86 bits per heavy atom. The number of benzene rings is 1. The quantitative estimate of drug-likeness (QED) is 0.747. The van der Waals surface area contributed by atoms with Crippen molar-refractivity contribution in [2.75, 3.05) is 18.1 Å². The highest BCUT2D eigenvalue weighted by Crippen LogP contribution is 2.26. The van der Waals surface area contributed by atoms with Crippen LogP contribution in [0.1, 0.15) is 20.3 Å². The molecule has 0 aliphatic carbocycles. The second-order valence-corrected chi connectivity index (χ2v) is 11.0. The van der Waals surface area contributed by atoms with E-state index in [0.29, 0.717) is 13.0 Å². The number of hydrogen-bond donors (Lipinski definition) is 0. The van der Waals surface area contributed by atoms with Gasteiger partial charge in [-0.2, -0.15) is 4.31 Å². The van der Waals surface area contributed by atoms with Crippen LogP contribution in [0.3, 0.4) is 0 Å². The first kappa shape index (κ1) is 17.9. The molecular weight excluding hydrogens is 390 g/mol. The Hall–Kier alpha value is -0.440. The maximum atomic E-state index is 12.9. The fourth-order valence-corrected chi connectivity index (χ4v) is 6.45. The van der Waals surface area contributed by atoms with E-state index < -0.39 is 25.9 Å². The molecule has 22 heavy (non-hydrogen) atoms. The van der Waals surface area contributed by atoms with E-state index >= 15 is 0 Å². The molecule has 1 unspecified atom stereocenters. The zero-order chi connectivity index (χ0) is 16.5. The lowest BCUT2D eigenvalue weighted by atomic mass is 10.2. The molecule has 1 atom stereocenters. The lowest BCUT2D eigenvalue weighted by Gasteiger charge is -2.29. The molecule has 124 valence electrons. The number of sulfonamides is 1. The molecule has 8 heteroatoms. The standard InChI is InChI=1S/C14H20BrNO4S2/c1-11(2)9-16(13-7-8-21(17,18)10-13)22(19,20)14-5-3-12(15)4-6-14/h3-6,11,13H,7-10H2,1-2H3. The Balaban J connectivity index is 2.38. The molecule has 1 aliphatic heterocycles. The van der Waals surface area contributed by atoms with Gasteiger partial charge in [-0.1, -0.05) is 29.8 Å². The third kappa shape index (κ3) is 4.10. The molecule has 1 aromatic carbocycles. The van der Waals surface area contributed by atoms with Gasteiger partial charge in [0.05, 0.1) is 16.4 Å². The first-order chi connectivity index (χ1) is 10.1. The molecule has 0 aromatic heterocycles. The van der Waals surface area contributed by atoms with E-state index in [4.69, 9.17) is 0 Å². The SMILES string of the molecule is CC(C)CN(C1CCS(=O)(=O)C1)S(=O)(=O)c1ccc(Br)cc1. The van der Waals surface area contributed by atoms with Crippen molar-refractivity contribution in [3.8, 4) is 0 Å². The highest BCUT2D eigenvalue weighted by molar-refractivity contribution is 9.10. The molecule has 0 saturated carbocycles. The van der Waals surface area contributed by atoms with Gasteiger partial charge in [-0.15, -0.1) is 0 Å². The maximum Gasteiger partial charge on any atom is 0.243 e. The summed E-state index contributed by atoms with van der Waals surface area (Å²) in [4.78, 5) is 0.195. The van der Waals surface area contributed by atoms with Gasteiger partial charge >= 0.3 is 0 Å². The number of halogens is 1. The molecule has 1 aliphatic rings. The first-order valence-corrected chi connectivity index (χ1v) is 11.1. The van der Waals surface area contributed by atoms with Gasteiger partial charge < -0.3 is 0 Å². The Bertz CT molecular complexity index is 727. The van der Waals surface area contributed by atoms with Crippen LogP contribution < -0.4 is 0 Å². The number of sulfone groups is 1. The van der Waals surface area contributed by atoms with Crippen LogP contribution in [0.2, 0.25) is 0 Å². The van der Waals surface area contributed by atoms with Crippen molar-refractivity contribution < 1.29 is 16.8 Å². The molecule has 0 amide bonds. The van der Waals surface area contributed by atoms with Crippen molar-refractivity contribution in [3.63, 3.8) is 0 Å². The third-order valence-corrected chi connectivity index (χ3v) is 7.79. The molecule has 2 rings (SSSR count). The van der Waals surface area contributed by atoms with Crippen LogP contribution in [0.4, 0.5) is 0 Å². The summed E-state index contributed by atoms with van der Waals surface area (Å²) in [5.74, 6) is 0.0888. The summed E-state index contributed by atoms with van der Waals surface area (Å²) >= 11 is 3.28. The van der Waals surface area contributed by atoms with Crippen molar-refractivity contribution in [2.45, 2.75) is 31.2 Å². The zero-order valence-electron chi connectivity index (χ0n) is 12.6. The number of nitrogens with zero attached hydrogens (tertiary/aromatic N) is 1. The van der Waals surface area contributed by atoms with E-state index in [2.05, 4.69) is 15.9 Å². The van der Waals surface area contributed by atoms with Gasteiger partial charge in [0, 0.05) is 17.1 Å². The van der Waals surface area contributed by atoms with Gasteiger partial charge in [-0.3, -0.25) is 0 Å². The highest BCUT2D eigenvalue weighted by Gasteiger charge is 2.38. The first-order valence-electron chi connectivity index (χ1n) is 7.09. The van der Waals surface area contributed by atoms with Crippen molar-refractivity contribution >= 4 is 35.8 Å². The smallest absolute Gasteiger partial charge is 0.229 e. The maximum absolute atomic E-state index is 12.9. The molecule has 0 N–H and O–H groups in total. The Morgan fingerprint density at radius 1 is 1.27 bits per heavy atom. The van der Waals surface area contributed by atoms with Gasteiger partial charge in [-0.25, -0.2) is 16.8 Å². The van der Waals surface area contributed by atoms with E-state index in [0.717, 1.165) is 4.47 Å². The minimum Gasteiger partial charge on any atom is -0.229 e. The van der Waals surface area contributed by atoms with E-state index in [1.165, 1.54) is 16.4 Å². The van der Waals surface area contributed by atoms with Gasteiger partial charge in [-0.05, 0) is 36.6 Å². The van der Waals surface area contributed by atoms with Crippen molar-refractivity contribution in [2.24, 2.45) is 5.92 Å². The van der Waals surface area contributed by atoms with E-state index in [9.17, 15) is 16.8 Å². The van der Waals surface area contributed by atoms with Gasteiger partial charge in [0.1, 0.15) is 0 Å². The minimum absolute atomic E-state index is 0.0577. The monoisotopic (exact) mass is 409 g/mol. The minimum atomic E-state index is -3.70. The summed E-state index contributed by atoms with van der Waals surface area (Å²) in [6.45, 7) is 4.17. The fraction of sp³-hybridized carbons (Fsp3) is 0.571. The van der Waals surface area contributed by atoms with Crippen molar-refractivity contribution in [1.82, 2.24) is 4.31 Å². The molecule has 0 spiro atoms. The zero-order valence-corrected chi connectivity index (χ0v) is 15.8. The second kappa shape index (κ2) is 6.59. The van der Waals surface area contributed by atoms with Crippen molar-refractivity contribution in [3.05, 3.63) is 28.7 Å². The predicted octanol–water partition coefficient (Wildman–Crippen LogP) is 2.28. The molecule has 1 aromatic rings. The number of hydrogen-bond acceptors (Lipinski definition) is 4. The molecule has 1 heterocycles. The lowest BCUT2D eigenvalue weighted by Crippen LogP contribution is -2.43. The van der Waals surface area contributed by atoms with Crippen LogP contribution in [-0.2, 0) is 19.9 Å². The summed E-state index contributed by atoms with van der Waals surface area (Å²) < 4.78 is 51.4. The predicted molar refractivity (Wildman–Crippen MR) is 89.9 cm³/mol. The molecule has 1 saturated heterocycles. The molecule has 1 fully saturated rings. The average molecular weight is 410 g/mol. The average Bonchev–Trinajstić information content (AvgIpc) is 2.76. The van der Waals surface area contributed by atoms with E-state index in [1.807, 2.05) is 13.8 Å². The Morgan fingerprint density at radius 3 is 2.32 bits per heavy atom. The molecule has 0 bridgehead atoms. The van der Waals surface area contributed by atoms with E-state index in [-0.39, 0.29) is 22.3 Å². The second-order valence-electron chi connectivity index (χ2n) is 5.98. The largest absolute Gasteiger partial charge is 0.243 e. The molecule has 0 radical (unpaired) electrons. The lowest BCUT2D eigenvalue weighted by molar-refractivity contribution is 0.308. The van der Waals surface area contributed by atoms with E-state index in [1.54, 1.807) is 12.1 Å². The number of rotatable bonds is 5. The van der Waals surface area contributed by atoms with Crippen LogP contribution in [0, 0.1) is 5.92 Å². The van der Waals surface area contributed by atoms with Crippen LogP contribution >= 0.6 is 15.9 Å². The summed E-state index contributed by atoms with van der Waals surface area (Å²) in [6.07, 6.45) is 0.366. The molecule has 5 nitrogen and oxygen atoms in total. The van der Waals surface area contributed by atoms with Gasteiger partial charge in [0.2, 0.25) is 10.0 Å². The Labute approximate surface area is 140 Å². The summed E-state index contributed by atoms with van der Waals surface area (Å²) in [5, 5.41) is 0. The fourth-order valence-electron chi connectivity index (χ4n) is 2.55.